The number of nitrogens with two attached hydrogens (primary N) is 1. The molecule has 3 N–H and O–H groups in total. The highest BCUT2D eigenvalue weighted by Gasteiger charge is 2.46. The summed E-state index contributed by atoms with van der Waals surface area (Å²) >= 11 is 0. The fourth-order valence-electron chi connectivity index (χ4n) is 1.35. The third-order valence-electron chi connectivity index (χ3n) is 2.82. The van der Waals surface area contributed by atoms with Gasteiger partial charge >= 0.3 is 0 Å². The van der Waals surface area contributed by atoms with Gasteiger partial charge in [-0.3, -0.25) is 4.79 Å². The number of rotatable bonds is 4. The van der Waals surface area contributed by atoms with Crippen LogP contribution in [0.2, 0.25) is 0 Å². The van der Waals surface area contributed by atoms with E-state index in [1.54, 1.807) is 0 Å². The molecule has 3 nitrogen and oxygen atoms in total. The van der Waals surface area contributed by atoms with Crippen LogP contribution in [0.4, 0.5) is 0 Å². The van der Waals surface area contributed by atoms with Gasteiger partial charge in [-0.25, -0.2) is 0 Å². The monoisotopic (exact) mass is 184 g/mol. The van der Waals surface area contributed by atoms with Crippen molar-refractivity contribution in [2.75, 3.05) is 0 Å². The zero-order valence-corrected chi connectivity index (χ0v) is 8.76. The maximum atomic E-state index is 11.4. The lowest BCUT2D eigenvalue weighted by molar-refractivity contribution is -0.121. The van der Waals surface area contributed by atoms with E-state index in [9.17, 15) is 4.79 Å². The van der Waals surface area contributed by atoms with Crippen molar-refractivity contribution in [2.24, 2.45) is 11.1 Å². The Kier molecular flexibility index (Phi) is 2.96. The van der Waals surface area contributed by atoms with Crippen LogP contribution < -0.4 is 11.1 Å². The summed E-state index contributed by atoms with van der Waals surface area (Å²) in [5.74, 6) is 0.102. The summed E-state index contributed by atoms with van der Waals surface area (Å²) in [5, 5.41) is 2.99. The molecule has 0 aromatic heterocycles. The maximum Gasteiger partial charge on any atom is 0.221 e. The molecule has 0 aromatic carbocycles. The normalized spacial score (nSPS) is 26.6. The Morgan fingerprint density at radius 2 is 2.23 bits per heavy atom. The van der Waals surface area contributed by atoms with Gasteiger partial charge in [0.2, 0.25) is 5.91 Å². The van der Waals surface area contributed by atoms with E-state index in [1.807, 2.05) is 6.92 Å². The molecule has 2 unspecified atom stereocenters. The van der Waals surface area contributed by atoms with E-state index in [1.165, 1.54) is 0 Å². The molecule has 3 heteroatoms. The van der Waals surface area contributed by atoms with Crippen molar-refractivity contribution in [2.45, 2.75) is 52.1 Å². The Morgan fingerprint density at radius 1 is 1.69 bits per heavy atom. The van der Waals surface area contributed by atoms with Crippen molar-refractivity contribution in [3.05, 3.63) is 0 Å². The van der Waals surface area contributed by atoms with Crippen LogP contribution in [0.15, 0.2) is 0 Å². The van der Waals surface area contributed by atoms with Gasteiger partial charge in [-0.1, -0.05) is 20.8 Å². The predicted octanol–water partition coefficient (Wildman–Crippen LogP) is 1.03. The van der Waals surface area contributed by atoms with Crippen molar-refractivity contribution in [3.8, 4) is 0 Å². The molecule has 0 radical (unpaired) electrons. The zero-order chi connectivity index (χ0) is 10.1. The lowest BCUT2D eigenvalue weighted by Gasteiger charge is -2.10. The van der Waals surface area contributed by atoms with Crippen molar-refractivity contribution < 1.29 is 4.79 Å². The number of amides is 1. The third-order valence-corrected chi connectivity index (χ3v) is 2.82. The molecule has 0 bridgehead atoms. The molecule has 13 heavy (non-hydrogen) atoms. The summed E-state index contributed by atoms with van der Waals surface area (Å²) in [5.41, 5.74) is 5.99. The van der Waals surface area contributed by atoms with E-state index in [0.29, 0.717) is 17.9 Å². The summed E-state index contributed by atoms with van der Waals surface area (Å²) < 4.78 is 0. The fourth-order valence-corrected chi connectivity index (χ4v) is 1.35. The van der Waals surface area contributed by atoms with Crippen LogP contribution in [0.25, 0.3) is 0 Å². The van der Waals surface area contributed by atoms with Gasteiger partial charge in [-0.15, -0.1) is 0 Å². The third kappa shape index (κ3) is 2.99. The predicted molar refractivity (Wildman–Crippen MR) is 53.2 cm³/mol. The minimum absolute atomic E-state index is 0.0156. The highest BCUT2D eigenvalue weighted by Crippen LogP contribution is 2.44. The highest BCUT2D eigenvalue weighted by atomic mass is 16.1. The van der Waals surface area contributed by atoms with Gasteiger partial charge in [0.1, 0.15) is 0 Å². The van der Waals surface area contributed by atoms with Crippen molar-refractivity contribution in [3.63, 3.8) is 0 Å². The summed E-state index contributed by atoms with van der Waals surface area (Å²) in [6.07, 6.45) is 2.42. The first-order valence-corrected chi connectivity index (χ1v) is 5.00. The molecular weight excluding hydrogens is 164 g/mol. The van der Waals surface area contributed by atoms with Crippen LogP contribution in [0.5, 0.6) is 0 Å². The smallest absolute Gasteiger partial charge is 0.221 e. The SMILES string of the molecule is CCC(N)CC(=O)NC1CC1(C)C. The Balaban J connectivity index is 2.20. The zero-order valence-electron chi connectivity index (χ0n) is 8.76. The highest BCUT2D eigenvalue weighted by molar-refractivity contribution is 5.77. The summed E-state index contributed by atoms with van der Waals surface area (Å²) in [6.45, 7) is 6.33. The van der Waals surface area contributed by atoms with Crippen LogP contribution in [0.1, 0.15) is 40.0 Å². The van der Waals surface area contributed by atoms with Gasteiger partial charge in [0.05, 0.1) is 0 Å². The van der Waals surface area contributed by atoms with Crippen molar-refractivity contribution in [1.29, 1.82) is 0 Å². The topological polar surface area (TPSA) is 55.1 Å². The van der Waals surface area contributed by atoms with Crippen LogP contribution in [0.3, 0.4) is 0 Å². The lowest BCUT2D eigenvalue weighted by atomic mass is 10.1. The molecule has 1 aliphatic carbocycles. The molecule has 0 spiro atoms. The molecule has 1 amide bonds. The minimum Gasteiger partial charge on any atom is -0.353 e. The molecule has 1 saturated carbocycles. The van der Waals surface area contributed by atoms with E-state index < -0.39 is 0 Å². The van der Waals surface area contributed by atoms with Crippen molar-refractivity contribution in [1.82, 2.24) is 5.32 Å². The number of carbonyl (C=O) groups excluding carboxylic acids is 1. The van der Waals surface area contributed by atoms with Gasteiger partial charge in [0, 0.05) is 18.5 Å². The summed E-state index contributed by atoms with van der Waals surface area (Å²) in [4.78, 5) is 11.4. The van der Waals surface area contributed by atoms with Gasteiger partial charge in [-0.2, -0.15) is 0 Å². The maximum absolute atomic E-state index is 11.4. The quantitative estimate of drug-likeness (QED) is 0.685. The molecule has 76 valence electrons. The van der Waals surface area contributed by atoms with Crippen LogP contribution in [-0.2, 0) is 4.79 Å². The van der Waals surface area contributed by atoms with E-state index in [-0.39, 0.29) is 11.9 Å². The van der Waals surface area contributed by atoms with E-state index in [4.69, 9.17) is 5.73 Å². The summed E-state index contributed by atoms with van der Waals surface area (Å²) in [7, 11) is 0. The first-order valence-electron chi connectivity index (χ1n) is 5.00. The molecule has 0 heterocycles. The van der Waals surface area contributed by atoms with Gasteiger partial charge < -0.3 is 11.1 Å². The lowest BCUT2D eigenvalue weighted by Crippen LogP contribution is -2.33. The van der Waals surface area contributed by atoms with E-state index in [0.717, 1.165) is 12.8 Å². The first kappa shape index (κ1) is 10.5. The number of hydrogen-bond donors (Lipinski definition) is 2. The van der Waals surface area contributed by atoms with E-state index >= 15 is 0 Å². The average molecular weight is 184 g/mol. The fraction of sp³-hybridized carbons (Fsp3) is 0.900. The largest absolute Gasteiger partial charge is 0.353 e. The molecule has 1 aliphatic rings. The Morgan fingerprint density at radius 3 is 2.62 bits per heavy atom. The molecule has 2 atom stereocenters. The van der Waals surface area contributed by atoms with Crippen LogP contribution in [0, 0.1) is 5.41 Å². The summed E-state index contributed by atoms with van der Waals surface area (Å²) in [6, 6.07) is 0.394. The first-order chi connectivity index (χ1) is 5.95. The number of hydrogen-bond acceptors (Lipinski definition) is 2. The van der Waals surface area contributed by atoms with Crippen LogP contribution >= 0.6 is 0 Å². The number of nitrogens with one attached hydrogen (secondary N) is 1. The van der Waals surface area contributed by atoms with Crippen molar-refractivity contribution >= 4 is 5.91 Å². The Bertz CT molecular complexity index is 201. The average Bonchev–Trinajstić information content (AvgIpc) is 2.58. The van der Waals surface area contributed by atoms with Gasteiger partial charge in [0.15, 0.2) is 0 Å². The Labute approximate surface area is 80.1 Å². The number of carbonyl (C=O) groups is 1. The van der Waals surface area contributed by atoms with Gasteiger partial charge in [-0.05, 0) is 18.3 Å². The second kappa shape index (κ2) is 3.66. The van der Waals surface area contributed by atoms with E-state index in [2.05, 4.69) is 19.2 Å². The second-order valence-electron chi connectivity index (χ2n) is 4.69. The Hall–Kier alpha value is -0.570. The molecule has 1 fully saturated rings. The van der Waals surface area contributed by atoms with Crippen LogP contribution in [-0.4, -0.2) is 18.0 Å². The molecule has 0 aromatic rings. The van der Waals surface area contributed by atoms with Gasteiger partial charge in [0.25, 0.3) is 0 Å². The minimum atomic E-state index is 0.0156. The molecular formula is C10H20N2O. The molecule has 1 rings (SSSR count). The standard InChI is InChI=1S/C10H20N2O/c1-4-7(11)5-9(13)12-8-6-10(8,2)3/h7-8H,4-6,11H2,1-3H3,(H,12,13). The second-order valence-corrected chi connectivity index (χ2v) is 4.69. The molecule has 0 saturated heterocycles. The molecule has 0 aliphatic heterocycles.